The number of carbonyl (C=O) groups excluding carboxylic acids is 2. The van der Waals surface area contributed by atoms with Gasteiger partial charge in [0.05, 0.1) is 11.5 Å². The Morgan fingerprint density at radius 3 is 2.48 bits per heavy atom. The molecule has 3 N–H and O–H groups in total. The van der Waals surface area contributed by atoms with Gasteiger partial charge in [-0.3, -0.25) is 14.6 Å². The highest BCUT2D eigenvalue weighted by Crippen LogP contribution is 2.10. The van der Waals surface area contributed by atoms with Crippen LogP contribution in [-0.4, -0.2) is 23.3 Å². The molecule has 5 nitrogen and oxygen atoms in total. The number of nitrogens with two attached hydrogens (primary N) is 1. The zero-order valence-corrected chi connectivity index (χ0v) is 12.8. The van der Waals surface area contributed by atoms with E-state index in [-0.39, 0.29) is 18.3 Å². The Morgan fingerprint density at radius 2 is 1.91 bits per heavy atom. The number of amides is 2. The van der Waals surface area contributed by atoms with Crippen LogP contribution >= 0.6 is 0 Å². The topological polar surface area (TPSA) is 85.1 Å². The third kappa shape index (κ3) is 4.88. The Morgan fingerprint density at radius 1 is 1.22 bits per heavy atom. The van der Waals surface area contributed by atoms with Gasteiger partial charge in [0.2, 0.25) is 5.91 Å². The summed E-state index contributed by atoms with van der Waals surface area (Å²) in [7, 11) is 0. The minimum Gasteiger partial charge on any atom is -0.369 e. The van der Waals surface area contributed by atoms with E-state index in [1.807, 2.05) is 6.92 Å². The Kier molecular flexibility index (Phi) is 5.41. The number of pyridine rings is 1. The van der Waals surface area contributed by atoms with Gasteiger partial charge in [-0.25, -0.2) is 4.39 Å². The average molecular weight is 315 g/mol. The van der Waals surface area contributed by atoms with Crippen molar-refractivity contribution in [1.82, 2.24) is 10.3 Å². The van der Waals surface area contributed by atoms with Crippen LogP contribution in [0.25, 0.3) is 0 Å². The van der Waals surface area contributed by atoms with Crippen molar-refractivity contribution in [3.8, 4) is 0 Å². The number of nitrogens with zero attached hydrogens (tertiary/aromatic N) is 1. The molecule has 0 saturated carbocycles. The second-order valence-electron chi connectivity index (χ2n) is 5.33. The number of aromatic nitrogens is 1. The number of nitrogens with one attached hydrogen (secondary N) is 1. The fourth-order valence-corrected chi connectivity index (χ4v) is 2.10. The summed E-state index contributed by atoms with van der Waals surface area (Å²) >= 11 is 0. The molecule has 1 aromatic carbocycles. The molecule has 0 aliphatic heterocycles. The van der Waals surface area contributed by atoms with Crippen LogP contribution in [0.2, 0.25) is 0 Å². The van der Waals surface area contributed by atoms with E-state index in [9.17, 15) is 14.0 Å². The minimum absolute atomic E-state index is 0.111. The Hall–Kier alpha value is -2.76. The molecule has 0 fully saturated rings. The summed E-state index contributed by atoms with van der Waals surface area (Å²) in [6.45, 7) is 1.94. The molecule has 6 heteroatoms. The number of halogens is 1. The second-order valence-corrected chi connectivity index (χ2v) is 5.33. The van der Waals surface area contributed by atoms with E-state index in [4.69, 9.17) is 5.73 Å². The lowest BCUT2D eigenvalue weighted by Crippen LogP contribution is -2.37. The zero-order valence-electron chi connectivity index (χ0n) is 12.8. The highest BCUT2D eigenvalue weighted by molar-refractivity contribution is 5.94. The first-order valence-electron chi connectivity index (χ1n) is 7.20. The highest BCUT2D eigenvalue weighted by Gasteiger charge is 2.18. The largest absolute Gasteiger partial charge is 0.369 e. The predicted molar refractivity (Wildman–Crippen MR) is 84.1 cm³/mol. The maximum atomic E-state index is 12.9. The number of rotatable bonds is 6. The van der Waals surface area contributed by atoms with Crippen LogP contribution in [0.4, 0.5) is 4.39 Å². The van der Waals surface area contributed by atoms with Crippen LogP contribution in [0.1, 0.15) is 21.6 Å². The van der Waals surface area contributed by atoms with Crippen LogP contribution in [0.5, 0.6) is 0 Å². The molecule has 2 aromatic rings. The molecular formula is C17H18FN3O2. The maximum absolute atomic E-state index is 12.9. The molecule has 0 spiro atoms. The number of primary amides is 1. The Balaban J connectivity index is 1.96. The Bertz CT molecular complexity index is 684. The van der Waals surface area contributed by atoms with Crippen LogP contribution in [0.15, 0.2) is 42.6 Å². The maximum Gasteiger partial charge on any atom is 0.252 e. The van der Waals surface area contributed by atoms with Gasteiger partial charge in [-0.15, -0.1) is 0 Å². The zero-order chi connectivity index (χ0) is 16.8. The van der Waals surface area contributed by atoms with Crippen LogP contribution in [-0.2, 0) is 11.2 Å². The van der Waals surface area contributed by atoms with Gasteiger partial charge in [0.15, 0.2) is 0 Å². The second kappa shape index (κ2) is 7.49. The predicted octanol–water partition coefficient (Wildman–Crippen LogP) is 1.60. The molecule has 23 heavy (non-hydrogen) atoms. The van der Waals surface area contributed by atoms with Gasteiger partial charge >= 0.3 is 0 Å². The number of hydrogen-bond acceptors (Lipinski definition) is 3. The van der Waals surface area contributed by atoms with E-state index in [0.717, 1.165) is 11.3 Å². The van der Waals surface area contributed by atoms with Gasteiger partial charge in [0.1, 0.15) is 5.82 Å². The Labute approximate surface area is 133 Å². The van der Waals surface area contributed by atoms with E-state index >= 15 is 0 Å². The van der Waals surface area contributed by atoms with Gasteiger partial charge in [-0.05, 0) is 43.2 Å². The molecule has 1 heterocycles. The molecule has 0 aliphatic rings. The van der Waals surface area contributed by atoms with Crippen molar-refractivity contribution in [2.24, 2.45) is 11.7 Å². The molecule has 0 radical (unpaired) electrons. The third-order valence-electron chi connectivity index (χ3n) is 3.48. The molecule has 0 unspecified atom stereocenters. The highest BCUT2D eigenvalue weighted by atomic mass is 19.1. The molecule has 2 rings (SSSR count). The lowest BCUT2D eigenvalue weighted by Gasteiger charge is -2.14. The summed E-state index contributed by atoms with van der Waals surface area (Å²) in [6.07, 6.45) is 1.81. The van der Waals surface area contributed by atoms with Gasteiger partial charge in [-0.2, -0.15) is 0 Å². The number of hydrogen-bond donors (Lipinski definition) is 2. The SMILES string of the molecule is Cc1ccc(C(=O)NC[C@@H](Cc2ccc(F)cc2)C(N)=O)cn1. The summed E-state index contributed by atoms with van der Waals surface area (Å²) in [5.41, 5.74) is 7.39. The van der Waals surface area contributed by atoms with Crippen LogP contribution in [0, 0.1) is 18.7 Å². The van der Waals surface area contributed by atoms with Crippen molar-refractivity contribution in [1.29, 1.82) is 0 Å². The summed E-state index contributed by atoms with van der Waals surface area (Å²) < 4.78 is 12.9. The van der Waals surface area contributed by atoms with Gasteiger partial charge in [0.25, 0.3) is 5.91 Å². The van der Waals surface area contributed by atoms with Crippen molar-refractivity contribution in [3.05, 3.63) is 65.2 Å². The quantitative estimate of drug-likeness (QED) is 0.849. The molecule has 0 bridgehead atoms. The lowest BCUT2D eigenvalue weighted by molar-refractivity contribution is -0.121. The van der Waals surface area contributed by atoms with Crippen LogP contribution < -0.4 is 11.1 Å². The first kappa shape index (κ1) is 16.6. The number of aryl methyl sites for hydroxylation is 1. The smallest absolute Gasteiger partial charge is 0.252 e. The molecule has 120 valence electrons. The van der Waals surface area contributed by atoms with Gasteiger partial charge in [-0.1, -0.05) is 12.1 Å². The van der Waals surface area contributed by atoms with Gasteiger partial charge < -0.3 is 11.1 Å². The standard InChI is InChI=1S/C17H18FN3O2/c1-11-2-5-13(9-20-11)17(23)21-10-14(16(19)22)8-12-3-6-15(18)7-4-12/h2-7,9,14H,8,10H2,1H3,(H2,19,22)(H,21,23)/t14-/m1/s1. The molecule has 2 amide bonds. The van der Waals surface area contributed by atoms with Crippen molar-refractivity contribution in [2.75, 3.05) is 6.54 Å². The fourth-order valence-electron chi connectivity index (χ4n) is 2.10. The summed E-state index contributed by atoms with van der Waals surface area (Å²) in [5.74, 6) is -1.74. The molecule has 1 atom stereocenters. The molecule has 1 aromatic heterocycles. The van der Waals surface area contributed by atoms with E-state index in [1.165, 1.54) is 18.3 Å². The van der Waals surface area contributed by atoms with Gasteiger partial charge in [0, 0.05) is 18.4 Å². The summed E-state index contributed by atoms with van der Waals surface area (Å²) in [4.78, 5) is 27.6. The monoisotopic (exact) mass is 315 g/mol. The van der Waals surface area contributed by atoms with Crippen LogP contribution in [0.3, 0.4) is 0 Å². The van der Waals surface area contributed by atoms with E-state index < -0.39 is 11.8 Å². The number of carbonyl (C=O) groups is 2. The normalized spacial score (nSPS) is 11.7. The van der Waals surface area contributed by atoms with Crippen molar-refractivity contribution >= 4 is 11.8 Å². The molecule has 0 saturated heterocycles. The first-order chi connectivity index (χ1) is 11.0. The average Bonchev–Trinajstić information content (AvgIpc) is 2.53. The van der Waals surface area contributed by atoms with Crippen molar-refractivity contribution in [3.63, 3.8) is 0 Å². The molecular weight excluding hydrogens is 297 g/mol. The number of benzene rings is 1. The van der Waals surface area contributed by atoms with E-state index in [2.05, 4.69) is 10.3 Å². The van der Waals surface area contributed by atoms with E-state index in [0.29, 0.717) is 12.0 Å². The minimum atomic E-state index is -0.567. The first-order valence-corrected chi connectivity index (χ1v) is 7.20. The lowest BCUT2D eigenvalue weighted by atomic mass is 9.98. The summed E-state index contributed by atoms with van der Waals surface area (Å²) in [6, 6.07) is 9.23. The van der Waals surface area contributed by atoms with Crippen molar-refractivity contribution < 1.29 is 14.0 Å². The summed E-state index contributed by atoms with van der Waals surface area (Å²) in [5, 5.41) is 2.68. The molecule has 0 aliphatic carbocycles. The van der Waals surface area contributed by atoms with E-state index in [1.54, 1.807) is 24.3 Å². The fraction of sp³-hybridized carbons (Fsp3) is 0.235. The third-order valence-corrected chi connectivity index (χ3v) is 3.48. The van der Waals surface area contributed by atoms with Crippen molar-refractivity contribution in [2.45, 2.75) is 13.3 Å².